The molecule has 0 spiro atoms. The number of benzene rings is 2. The Bertz CT molecular complexity index is 1060. The second-order valence-corrected chi connectivity index (χ2v) is 8.27. The van der Waals surface area contributed by atoms with Crippen LogP contribution in [0.5, 0.6) is 11.5 Å². The van der Waals surface area contributed by atoms with Gasteiger partial charge in [0.2, 0.25) is 0 Å². The number of methoxy groups -OCH3 is 2. The van der Waals surface area contributed by atoms with Crippen molar-refractivity contribution in [1.82, 2.24) is 9.80 Å². The van der Waals surface area contributed by atoms with Crippen molar-refractivity contribution in [2.75, 3.05) is 53.6 Å². The SMILES string of the molecule is COc1ccc(C2/C(=C(/O)c3ccccc3)C(=O)C(=O)N2CCCN2CCOCC2)c(OC)c1. The summed E-state index contributed by atoms with van der Waals surface area (Å²) in [4.78, 5) is 30.2. The first kappa shape index (κ1) is 23.8. The summed E-state index contributed by atoms with van der Waals surface area (Å²) in [5, 5.41) is 11.1. The Morgan fingerprint density at radius 1 is 1.03 bits per heavy atom. The molecule has 0 bridgehead atoms. The number of hydrogen-bond acceptors (Lipinski definition) is 7. The van der Waals surface area contributed by atoms with Crippen LogP contribution in [0.2, 0.25) is 0 Å². The van der Waals surface area contributed by atoms with Crippen LogP contribution in [0, 0.1) is 0 Å². The second-order valence-electron chi connectivity index (χ2n) is 8.27. The molecule has 0 saturated carbocycles. The van der Waals surface area contributed by atoms with Gasteiger partial charge in [0, 0.05) is 43.4 Å². The van der Waals surface area contributed by atoms with Gasteiger partial charge in [-0.3, -0.25) is 14.5 Å². The number of ether oxygens (including phenoxy) is 3. The molecular weight excluding hydrogens is 436 g/mol. The van der Waals surface area contributed by atoms with E-state index in [2.05, 4.69) is 4.90 Å². The molecule has 2 heterocycles. The number of carbonyl (C=O) groups is 2. The lowest BCUT2D eigenvalue weighted by molar-refractivity contribution is -0.140. The Labute approximate surface area is 199 Å². The molecule has 1 unspecified atom stereocenters. The quantitative estimate of drug-likeness (QED) is 0.364. The Balaban J connectivity index is 1.72. The van der Waals surface area contributed by atoms with E-state index in [0.29, 0.717) is 48.8 Å². The van der Waals surface area contributed by atoms with E-state index in [1.165, 1.54) is 7.11 Å². The predicted octanol–water partition coefficient (Wildman–Crippen LogP) is 2.85. The summed E-state index contributed by atoms with van der Waals surface area (Å²) in [7, 11) is 3.08. The van der Waals surface area contributed by atoms with Crippen LogP contribution in [0.3, 0.4) is 0 Å². The van der Waals surface area contributed by atoms with Crippen molar-refractivity contribution in [3.05, 3.63) is 65.2 Å². The van der Waals surface area contributed by atoms with Gasteiger partial charge in [-0.1, -0.05) is 30.3 Å². The molecule has 8 heteroatoms. The fourth-order valence-electron chi connectivity index (χ4n) is 4.52. The highest BCUT2D eigenvalue weighted by atomic mass is 16.5. The van der Waals surface area contributed by atoms with E-state index < -0.39 is 17.7 Å². The lowest BCUT2D eigenvalue weighted by atomic mass is 9.94. The van der Waals surface area contributed by atoms with Crippen LogP contribution in [-0.2, 0) is 14.3 Å². The molecule has 2 fully saturated rings. The van der Waals surface area contributed by atoms with Gasteiger partial charge < -0.3 is 24.2 Å². The fraction of sp³-hybridized carbons (Fsp3) is 0.385. The molecule has 1 amide bonds. The van der Waals surface area contributed by atoms with Crippen LogP contribution in [0.25, 0.3) is 5.76 Å². The molecule has 4 rings (SSSR count). The Morgan fingerprint density at radius 2 is 1.76 bits per heavy atom. The highest BCUT2D eigenvalue weighted by molar-refractivity contribution is 6.46. The van der Waals surface area contributed by atoms with Crippen molar-refractivity contribution in [2.24, 2.45) is 0 Å². The van der Waals surface area contributed by atoms with Gasteiger partial charge in [-0.05, 0) is 18.6 Å². The van der Waals surface area contributed by atoms with Crippen molar-refractivity contribution in [1.29, 1.82) is 0 Å². The van der Waals surface area contributed by atoms with E-state index in [9.17, 15) is 14.7 Å². The average Bonchev–Trinajstić information content (AvgIpc) is 3.13. The Kier molecular flexibility index (Phi) is 7.49. The highest BCUT2D eigenvalue weighted by Crippen LogP contribution is 2.43. The fourth-order valence-corrected chi connectivity index (χ4v) is 4.52. The van der Waals surface area contributed by atoms with Crippen LogP contribution >= 0.6 is 0 Å². The number of rotatable bonds is 8. The molecule has 2 aromatic rings. The lowest BCUT2D eigenvalue weighted by Crippen LogP contribution is -2.39. The highest BCUT2D eigenvalue weighted by Gasteiger charge is 2.46. The van der Waals surface area contributed by atoms with Gasteiger partial charge in [0.25, 0.3) is 11.7 Å². The Morgan fingerprint density at radius 3 is 2.44 bits per heavy atom. The number of hydrogen-bond donors (Lipinski definition) is 1. The number of carbonyl (C=O) groups excluding carboxylic acids is 2. The summed E-state index contributed by atoms with van der Waals surface area (Å²) in [5.74, 6) is -0.452. The molecule has 1 atom stereocenters. The molecule has 34 heavy (non-hydrogen) atoms. The number of nitrogens with zero attached hydrogens (tertiary/aromatic N) is 2. The lowest BCUT2D eigenvalue weighted by Gasteiger charge is -2.29. The molecule has 1 N–H and O–H groups in total. The van der Waals surface area contributed by atoms with Gasteiger partial charge in [0.1, 0.15) is 17.3 Å². The van der Waals surface area contributed by atoms with Crippen molar-refractivity contribution >= 4 is 17.4 Å². The third-order valence-electron chi connectivity index (χ3n) is 6.30. The number of aliphatic hydroxyl groups is 1. The molecule has 2 aromatic carbocycles. The largest absolute Gasteiger partial charge is 0.507 e. The number of aliphatic hydroxyl groups excluding tert-OH is 1. The standard InChI is InChI=1S/C26H30N2O6/c1-32-19-9-10-20(21(17-19)33-2)23-22(24(29)18-7-4-3-5-8-18)25(30)26(31)28(23)12-6-11-27-13-15-34-16-14-27/h3-5,7-10,17,23,29H,6,11-16H2,1-2H3/b24-22-. The van der Waals surface area contributed by atoms with Gasteiger partial charge in [0.05, 0.1) is 39.0 Å². The molecule has 2 saturated heterocycles. The van der Waals surface area contributed by atoms with Crippen molar-refractivity contribution in [3.63, 3.8) is 0 Å². The van der Waals surface area contributed by atoms with E-state index >= 15 is 0 Å². The number of likely N-dealkylation sites (tertiary alicyclic amines) is 1. The van der Waals surface area contributed by atoms with Gasteiger partial charge in [-0.2, -0.15) is 0 Å². The average molecular weight is 467 g/mol. The van der Waals surface area contributed by atoms with Gasteiger partial charge >= 0.3 is 0 Å². The maximum absolute atomic E-state index is 13.2. The van der Waals surface area contributed by atoms with Crippen molar-refractivity contribution < 1.29 is 28.9 Å². The van der Waals surface area contributed by atoms with E-state index in [-0.39, 0.29) is 11.3 Å². The summed E-state index contributed by atoms with van der Waals surface area (Å²) in [6.45, 7) is 4.26. The minimum absolute atomic E-state index is 0.0611. The molecule has 180 valence electrons. The number of morpholine rings is 1. The first-order chi connectivity index (χ1) is 16.5. The maximum Gasteiger partial charge on any atom is 0.295 e. The third kappa shape index (κ3) is 4.78. The van der Waals surface area contributed by atoms with Crippen LogP contribution in [-0.4, -0.2) is 80.2 Å². The predicted molar refractivity (Wildman–Crippen MR) is 127 cm³/mol. The summed E-state index contributed by atoms with van der Waals surface area (Å²) >= 11 is 0. The molecule has 2 aliphatic rings. The van der Waals surface area contributed by atoms with Crippen molar-refractivity contribution in [2.45, 2.75) is 12.5 Å². The van der Waals surface area contributed by atoms with Crippen LogP contribution in [0.4, 0.5) is 0 Å². The minimum atomic E-state index is -0.772. The number of amides is 1. The number of ketones is 1. The Hall–Kier alpha value is -3.36. The van der Waals surface area contributed by atoms with Crippen molar-refractivity contribution in [3.8, 4) is 11.5 Å². The second kappa shape index (κ2) is 10.7. The molecule has 2 aliphatic heterocycles. The third-order valence-corrected chi connectivity index (χ3v) is 6.30. The zero-order chi connectivity index (χ0) is 24.1. The minimum Gasteiger partial charge on any atom is -0.507 e. The number of Topliss-reactive ketones (excluding diaryl/α,β-unsaturated/α-hetero) is 1. The van der Waals surface area contributed by atoms with Gasteiger partial charge in [-0.25, -0.2) is 0 Å². The van der Waals surface area contributed by atoms with E-state index in [0.717, 1.165) is 19.6 Å². The first-order valence-corrected chi connectivity index (χ1v) is 11.4. The van der Waals surface area contributed by atoms with E-state index in [1.807, 2.05) is 6.07 Å². The molecular formula is C26H30N2O6. The van der Waals surface area contributed by atoms with Crippen LogP contribution in [0.1, 0.15) is 23.6 Å². The van der Waals surface area contributed by atoms with Crippen LogP contribution < -0.4 is 9.47 Å². The summed E-state index contributed by atoms with van der Waals surface area (Å²) in [6, 6.07) is 13.3. The molecule has 0 radical (unpaired) electrons. The topological polar surface area (TPSA) is 88.5 Å². The molecule has 8 nitrogen and oxygen atoms in total. The monoisotopic (exact) mass is 466 g/mol. The zero-order valence-electron chi connectivity index (χ0n) is 19.5. The van der Waals surface area contributed by atoms with Gasteiger partial charge in [-0.15, -0.1) is 0 Å². The van der Waals surface area contributed by atoms with Crippen LogP contribution in [0.15, 0.2) is 54.1 Å². The smallest absolute Gasteiger partial charge is 0.295 e. The summed E-state index contributed by atoms with van der Waals surface area (Å²) in [5.41, 5.74) is 1.16. The molecule has 0 aromatic heterocycles. The zero-order valence-corrected chi connectivity index (χ0v) is 19.5. The van der Waals surface area contributed by atoms with E-state index in [1.54, 1.807) is 54.5 Å². The summed E-state index contributed by atoms with van der Waals surface area (Å²) < 4.78 is 16.3. The molecule has 0 aliphatic carbocycles. The van der Waals surface area contributed by atoms with E-state index in [4.69, 9.17) is 14.2 Å². The summed E-state index contributed by atoms with van der Waals surface area (Å²) in [6.07, 6.45) is 0.688. The maximum atomic E-state index is 13.2. The van der Waals surface area contributed by atoms with Gasteiger partial charge in [0.15, 0.2) is 0 Å². The normalized spacial score (nSPS) is 20.5. The first-order valence-electron chi connectivity index (χ1n) is 11.4.